The third-order valence-corrected chi connectivity index (χ3v) is 8.16. The first-order chi connectivity index (χ1) is 12.9. The van der Waals surface area contributed by atoms with Crippen LogP contribution in [0.25, 0.3) is 11.6 Å². The minimum absolute atomic E-state index is 0.00987. The Hall–Kier alpha value is -1.96. The normalized spacial score (nSPS) is 16.4. The third-order valence-electron chi connectivity index (χ3n) is 4.67. The van der Waals surface area contributed by atoms with Crippen molar-refractivity contribution in [3.05, 3.63) is 52.4 Å². The van der Waals surface area contributed by atoms with Crippen molar-refractivity contribution in [2.75, 3.05) is 13.1 Å². The number of sulfonamides is 1. The van der Waals surface area contributed by atoms with Gasteiger partial charge in [0.1, 0.15) is 4.21 Å². The molecule has 27 heavy (non-hydrogen) atoms. The molecule has 0 spiro atoms. The molecular formula is C20H22NO4S2-. The molecule has 2 heterocycles. The highest BCUT2D eigenvalue weighted by atomic mass is 32.2. The summed E-state index contributed by atoms with van der Waals surface area (Å²) in [5.74, 6) is -1.32. The van der Waals surface area contributed by atoms with Crippen LogP contribution >= 0.6 is 11.3 Å². The quantitative estimate of drug-likeness (QED) is 0.694. The van der Waals surface area contributed by atoms with Crippen LogP contribution in [0.1, 0.15) is 42.2 Å². The molecular weight excluding hydrogens is 382 g/mol. The average molecular weight is 405 g/mol. The number of carboxylic acid groups (broad SMARTS) is 1. The van der Waals surface area contributed by atoms with Crippen LogP contribution < -0.4 is 5.11 Å². The van der Waals surface area contributed by atoms with Crippen LogP contribution in [0.5, 0.6) is 0 Å². The maximum absolute atomic E-state index is 12.8. The molecule has 1 aromatic carbocycles. The number of rotatable bonds is 6. The summed E-state index contributed by atoms with van der Waals surface area (Å²) >= 11 is 0.978. The molecule has 1 aliphatic heterocycles. The van der Waals surface area contributed by atoms with E-state index in [-0.39, 0.29) is 9.78 Å². The second kappa shape index (κ2) is 8.37. The molecule has 0 atom stereocenters. The Kier molecular flexibility index (Phi) is 6.14. The fourth-order valence-corrected chi connectivity index (χ4v) is 6.06. The summed E-state index contributed by atoms with van der Waals surface area (Å²) in [6, 6.07) is 10.6. The zero-order chi connectivity index (χ0) is 19.4. The number of benzene rings is 1. The number of aliphatic carboxylic acids is 1. The van der Waals surface area contributed by atoms with Gasteiger partial charge in [-0.3, -0.25) is 0 Å². The summed E-state index contributed by atoms with van der Waals surface area (Å²) in [6.07, 6.45) is 5.18. The summed E-state index contributed by atoms with van der Waals surface area (Å²) in [5, 5.41) is 11.7. The van der Waals surface area contributed by atoms with E-state index in [1.165, 1.54) is 16.4 Å². The van der Waals surface area contributed by atoms with E-state index in [0.717, 1.165) is 48.1 Å². The summed E-state index contributed by atoms with van der Waals surface area (Å²) in [5.41, 5.74) is 1.89. The van der Waals surface area contributed by atoms with Gasteiger partial charge in [-0.25, -0.2) is 8.42 Å². The fraction of sp³-hybridized carbons (Fsp3) is 0.350. The number of hydrogen-bond donors (Lipinski definition) is 0. The van der Waals surface area contributed by atoms with Gasteiger partial charge in [0.25, 0.3) is 10.0 Å². The highest BCUT2D eigenvalue weighted by molar-refractivity contribution is 7.91. The molecule has 1 fully saturated rings. The van der Waals surface area contributed by atoms with Crippen molar-refractivity contribution >= 4 is 39.0 Å². The second-order valence-corrected chi connectivity index (χ2v) is 9.77. The maximum Gasteiger partial charge on any atom is 0.252 e. The van der Waals surface area contributed by atoms with Crippen molar-refractivity contribution in [3.63, 3.8) is 0 Å². The van der Waals surface area contributed by atoms with E-state index in [1.54, 1.807) is 6.07 Å². The van der Waals surface area contributed by atoms with Crippen LogP contribution in [0, 0.1) is 0 Å². The van der Waals surface area contributed by atoms with Crippen LogP contribution in [-0.4, -0.2) is 31.8 Å². The second-order valence-electron chi connectivity index (χ2n) is 6.52. The number of piperidine rings is 1. The smallest absolute Gasteiger partial charge is 0.252 e. The number of carboxylic acids is 1. The number of aryl methyl sites for hydroxylation is 1. The summed E-state index contributed by atoms with van der Waals surface area (Å²) in [6.45, 7) is 3.08. The topological polar surface area (TPSA) is 77.5 Å². The first-order valence-corrected chi connectivity index (χ1v) is 11.3. The lowest BCUT2D eigenvalue weighted by atomic mass is 10.1. The van der Waals surface area contributed by atoms with E-state index in [1.807, 2.05) is 31.2 Å². The van der Waals surface area contributed by atoms with Gasteiger partial charge in [-0.2, -0.15) is 4.31 Å². The predicted octanol–water partition coefficient (Wildman–Crippen LogP) is 2.78. The maximum atomic E-state index is 12.8. The van der Waals surface area contributed by atoms with Gasteiger partial charge < -0.3 is 9.90 Å². The molecule has 0 radical (unpaired) electrons. The Morgan fingerprint density at radius 1 is 1.11 bits per heavy atom. The Morgan fingerprint density at radius 2 is 1.78 bits per heavy atom. The van der Waals surface area contributed by atoms with E-state index in [2.05, 4.69) is 0 Å². The van der Waals surface area contributed by atoms with Gasteiger partial charge >= 0.3 is 0 Å². The Bertz CT molecular complexity index is 937. The van der Waals surface area contributed by atoms with Crippen molar-refractivity contribution in [1.29, 1.82) is 0 Å². The van der Waals surface area contributed by atoms with Gasteiger partial charge in [0.2, 0.25) is 0 Å². The molecule has 5 nitrogen and oxygen atoms in total. The molecule has 0 unspecified atom stereocenters. The van der Waals surface area contributed by atoms with Crippen molar-refractivity contribution in [2.24, 2.45) is 0 Å². The summed E-state index contributed by atoms with van der Waals surface area (Å²) < 4.78 is 27.2. The summed E-state index contributed by atoms with van der Waals surface area (Å²) in [7, 11) is -3.57. The van der Waals surface area contributed by atoms with Crippen molar-refractivity contribution in [3.8, 4) is 0 Å². The lowest BCUT2D eigenvalue weighted by Gasteiger charge is -2.25. The molecule has 1 aromatic heterocycles. The molecule has 0 aliphatic carbocycles. The Labute approximate surface area is 164 Å². The number of hydrogen-bond acceptors (Lipinski definition) is 5. The van der Waals surface area contributed by atoms with Crippen LogP contribution in [-0.2, 0) is 21.2 Å². The van der Waals surface area contributed by atoms with Gasteiger partial charge in [0.15, 0.2) is 0 Å². The molecule has 0 bridgehead atoms. The fourth-order valence-electron chi connectivity index (χ4n) is 3.08. The van der Waals surface area contributed by atoms with Gasteiger partial charge in [-0.15, -0.1) is 11.3 Å². The molecule has 1 aliphatic rings. The molecule has 1 saturated heterocycles. The predicted molar refractivity (Wildman–Crippen MR) is 106 cm³/mol. The monoisotopic (exact) mass is 404 g/mol. The lowest BCUT2D eigenvalue weighted by Crippen LogP contribution is -2.35. The molecule has 144 valence electrons. The molecule has 2 aromatic rings. The number of nitrogens with zero attached hydrogens (tertiary/aromatic N) is 1. The molecule has 7 heteroatoms. The highest BCUT2D eigenvalue weighted by Crippen LogP contribution is 2.31. The minimum atomic E-state index is -3.57. The van der Waals surface area contributed by atoms with Crippen LogP contribution in [0.3, 0.4) is 0 Å². The van der Waals surface area contributed by atoms with Crippen molar-refractivity contribution in [1.82, 2.24) is 4.31 Å². The van der Waals surface area contributed by atoms with E-state index in [4.69, 9.17) is 0 Å². The zero-order valence-corrected chi connectivity index (χ0v) is 16.8. The zero-order valence-electron chi connectivity index (χ0n) is 15.2. The minimum Gasteiger partial charge on any atom is -0.545 e. The van der Waals surface area contributed by atoms with Crippen molar-refractivity contribution < 1.29 is 18.3 Å². The first-order valence-electron chi connectivity index (χ1n) is 9.04. The van der Waals surface area contributed by atoms with Crippen molar-refractivity contribution in [2.45, 2.75) is 36.8 Å². The van der Waals surface area contributed by atoms with E-state index in [0.29, 0.717) is 18.0 Å². The molecule has 0 amide bonds. The number of carbonyl (C=O) groups is 1. The van der Waals surface area contributed by atoms with Gasteiger partial charge in [0, 0.05) is 23.5 Å². The Balaban J connectivity index is 1.91. The Morgan fingerprint density at radius 3 is 2.37 bits per heavy atom. The number of carbonyl (C=O) groups excluding carboxylic acids is 1. The first kappa shape index (κ1) is 19.8. The van der Waals surface area contributed by atoms with Crippen LogP contribution in [0.2, 0.25) is 0 Å². The molecule has 3 rings (SSSR count). The van der Waals surface area contributed by atoms with Gasteiger partial charge in [-0.1, -0.05) is 37.6 Å². The van der Waals surface area contributed by atoms with E-state index < -0.39 is 16.0 Å². The third kappa shape index (κ3) is 4.48. The van der Waals surface area contributed by atoms with Crippen LogP contribution in [0.15, 0.2) is 40.6 Å². The molecule has 0 N–H and O–H groups in total. The standard InChI is InChI=1S/C20H23NO4S2/c1-2-15-6-8-16(9-7-15)14-17(20(22)23)18-10-11-19(26-18)27(24,25)21-12-4-3-5-13-21/h6-11,14H,2-5,12-13H2,1H3,(H,22,23)/p-1/b17-14-. The molecule has 0 saturated carbocycles. The van der Waals surface area contributed by atoms with E-state index >= 15 is 0 Å². The number of thiophene rings is 1. The van der Waals surface area contributed by atoms with E-state index in [9.17, 15) is 18.3 Å². The summed E-state index contributed by atoms with van der Waals surface area (Å²) in [4.78, 5) is 12.0. The van der Waals surface area contributed by atoms with Crippen LogP contribution in [0.4, 0.5) is 0 Å². The lowest BCUT2D eigenvalue weighted by molar-refractivity contribution is -0.295. The largest absolute Gasteiger partial charge is 0.545 e. The average Bonchev–Trinajstić information content (AvgIpc) is 3.17. The SMILES string of the molecule is CCc1ccc(/C=C(\C(=O)[O-])c2ccc(S(=O)(=O)N3CCCCC3)s2)cc1. The van der Waals surface area contributed by atoms with Gasteiger partial charge in [-0.05, 0) is 48.6 Å². The highest BCUT2D eigenvalue weighted by Gasteiger charge is 2.27. The van der Waals surface area contributed by atoms with Gasteiger partial charge in [0.05, 0.1) is 5.97 Å².